The topological polar surface area (TPSA) is 50.2 Å². The van der Waals surface area contributed by atoms with Gasteiger partial charge in [-0.15, -0.1) is 35.4 Å². The Kier molecular flexibility index (Phi) is 6.84. The summed E-state index contributed by atoms with van der Waals surface area (Å²) in [4.78, 5) is 14.8. The first-order chi connectivity index (χ1) is 12.0. The minimum absolute atomic E-state index is 0. The summed E-state index contributed by atoms with van der Waals surface area (Å²) in [5.41, 5.74) is 6.10. The number of aryl methyl sites for hydroxylation is 2. The largest absolute Gasteiger partial charge is 0.512 e. The van der Waals surface area contributed by atoms with Crippen LogP contribution in [0.15, 0.2) is 60.4 Å². The number of aliphatic hydroxyl groups excluding tert-OH is 1. The molecule has 1 radical (unpaired) electrons. The van der Waals surface area contributed by atoms with E-state index in [1.54, 1.807) is 0 Å². The number of carbonyl (C=O) groups is 1. The smallest absolute Gasteiger partial charge is 0.155 e. The number of nitrogens with zero attached hydrogens (tertiary/aromatic N) is 1. The summed E-state index contributed by atoms with van der Waals surface area (Å²) in [5.74, 6) is -0.0625. The predicted molar refractivity (Wildman–Crippen MR) is 100 cm³/mol. The molecule has 26 heavy (non-hydrogen) atoms. The van der Waals surface area contributed by atoms with E-state index >= 15 is 0 Å². The number of allylic oxidation sites excluding steroid dienone is 2. The molecule has 3 nitrogen and oxygen atoms in total. The van der Waals surface area contributed by atoms with Crippen LogP contribution in [0.2, 0.25) is 0 Å². The Labute approximate surface area is 167 Å². The number of pyridine rings is 1. The van der Waals surface area contributed by atoms with Crippen LogP contribution in [-0.4, -0.2) is 15.9 Å². The van der Waals surface area contributed by atoms with Gasteiger partial charge < -0.3 is 5.11 Å². The number of ketones is 1. The van der Waals surface area contributed by atoms with Crippen LogP contribution in [0.25, 0.3) is 22.2 Å². The van der Waals surface area contributed by atoms with Crippen molar-refractivity contribution in [2.24, 2.45) is 0 Å². The monoisotopic (exact) mass is 523 g/mol. The van der Waals surface area contributed by atoms with Crippen molar-refractivity contribution >= 4 is 16.7 Å². The van der Waals surface area contributed by atoms with Gasteiger partial charge in [0.25, 0.3) is 0 Å². The molecule has 0 amide bonds. The van der Waals surface area contributed by atoms with Gasteiger partial charge in [-0.2, -0.15) is 0 Å². The Morgan fingerprint density at radius 1 is 1.12 bits per heavy atom. The molecule has 0 atom stereocenters. The molecule has 1 aliphatic carbocycles. The van der Waals surface area contributed by atoms with Gasteiger partial charge >= 0.3 is 0 Å². The fourth-order valence-electron chi connectivity index (χ4n) is 3.03. The molecule has 1 N–H and O–H groups in total. The summed E-state index contributed by atoms with van der Waals surface area (Å²) in [6, 6.07) is 20.2. The van der Waals surface area contributed by atoms with Gasteiger partial charge in [0, 0.05) is 26.2 Å². The number of fused-ring (bicyclic) bond motifs is 4. The minimum atomic E-state index is -0.125. The third-order valence-corrected chi connectivity index (χ3v) is 4.06. The van der Waals surface area contributed by atoms with E-state index in [9.17, 15) is 4.79 Å². The number of benzene rings is 2. The summed E-state index contributed by atoms with van der Waals surface area (Å²) in [7, 11) is 0. The summed E-state index contributed by atoms with van der Waals surface area (Å²) < 4.78 is 0. The van der Waals surface area contributed by atoms with Gasteiger partial charge in [0.15, 0.2) is 5.78 Å². The SMILES string of the molecule is CC(=O)C=C(C)O.[Ir].[c-]1cccc2c1-c1nc3ccccc3cc1CC2. The van der Waals surface area contributed by atoms with Crippen LogP contribution in [0.5, 0.6) is 0 Å². The average molecular weight is 523 g/mol. The molecule has 4 heteroatoms. The van der Waals surface area contributed by atoms with Gasteiger partial charge in [-0.05, 0) is 37.4 Å². The van der Waals surface area contributed by atoms with Crippen molar-refractivity contribution < 1.29 is 30.0 Å². The average Bonchev–Trinajstić information content (AvgIpc) is 2.59. The quantitative estimate of drug-likeness (QED) is 0.283. The van der Waals surface area contributed by atoms with E-state index in [1.165, 1.54) is 42.0 Å². The van der Waals surface area contributed by atoms with E-state index in [4.69, 9.17) is 10.1 Å². The van der Waals surface area contributed by atoms with Crippen LogP contribution in [0, 0.1) is 6.07 Å². The third kappa shape index (κ3) is 4.66. The van der Waals surface area contributed by atoms with Gasteiger partial charge in [0.2, 0.25) is 0 Å². The van der Waals surface area contributed by atoms with Crippen molar-refractivity contribution in [1.82, 2.24) is 4.98 Å². The Morgan fingerprint density at radius 2 is 1.85 bits per heavy atom. The molecule has 0 aliphatic heterocycles. The van der Waals surface area contributed by atoms with Gasteiger partial charge in [-0.1, -0.05) is 36.2 Å². The summed E-state index contributed by atoms with van der Waals surface area (Å²) >= 11 is 0. The number of hydrogen-bond acceptors (Lipinski definition) is 3. The van der Waals surface area contributed by atoms with E-state index in [1.807, 2.05) is 12.1 Å². The van der Waals surface area contributed by atoms with Crippen LogP contribution in [0.4, 0.5) is 0 Å². The van der Waals surface area contributed by atoms with Crippen molar-refractivity contribution in [3.63, 3.8) is 0 Å². The molecule has 0 spiro atoms. The molecule has 0 saturated heterocycles. The van der Waals surface area contributed by atoms with Crippen LogP contribution >= 0.6 is 0 Å². The minimum Gasteiger partial charge on any atom is -0.512 e. The van der Waals surface area contributed by atoms with Gasteiger partial charge in [-0.25, -0.2) is 0 Å². The van der Waals surface area contributed by atoms with Crippen LogP contribution in [-0.2, 0) is 37.7 Å². The Morgan fingerprint density at radius 3 is 2.54 bits per heavy atom. The fourth-order valence-corrected chi connectivity index (χ4v) is 3.03. The van der Waals surface area contributed by atoms with Crippen molar-refractivity contribution in [3.05, 3.63) is 77.6 Å². The first kappa shape index (κ1) is 20.0. The van der Waals surface area contributed by atoms with E-state index in [2.05, 4.69) is 42.5 Å². The maximum atomic E-state index is 10.0. The second-order valence-electron chi connectivity index (χ2n) is 6.16. The second kappa shape index (κ2) is 8.88. The molecule has 1 aliphatic rings. The number of hydrogen-bond donors (Lipinski definition) is 1. The standard InChI is InChI=1S/C17H12N.C5H8O2.Ir/c1-3-7-15-12(5-1)9-10-14-11-13-6-2-4-8-16(13)18-17(14)15;1-4(6)3-5(2)7;/h1-6,8,11H,9-10H2;3,6H,1-2H3;/q-1;;. The molecule has 1 heterocycles. The van der Waals surface area contributed by atoms with E-state index in [0.717, 1.165) is 24.1 Å². The molecule has 0 saturated carbocycles. The van der Waals surface area contributed by atoms with Gasteiger partial charge in [0.1, 0.15) is 0 Å². The van der Waals surface area contributed by atoms with Crippen LogP contribution in [0.3, 0.4) is 0 Å². The van der Waals surface area contributed by atoms with Crippen LogP contribution in [0.1, 0.15) is 25.0 Å². The normalized spacial score (nSPS) is 12.2. The third-order valence-electron chi connectivity index (χ3n) is 4.06. The molecule has 0 bridgehead atoms. The first-order valence-electron chi connectivity index (χ1n) is 8.31. The van der Waals surface area contributed by atoms with Crippen molar-refractivity contribution in [1.29, 1.82) is 0 Å². The molecular weight excluding hydrogens is 502 g/mol. The second-order valence-corrected chi connectivity index (χ2v) is 6.16. The van der Waals surface area contributed by atoms with E-state index < -0.39 is 0 Å². The Bertz CT molecular complexity index is 959. The summed E-state index contributed by atoms with van der Waals surface area (Å²) in [6.07, 6.45) is 3.34. The molecule has 1 aromatic heterocycles. The number of aliphatic hydroxyl groups is 1. The molecule has 3 aromatic rings. The van der Waals surface area contributed by atoms with E-state index in [-0.39, 0.29) is 31.6 Å². The molecule has 135 valence electrons. The number of carbonyl (C=O) groups excluding carboxylic acids is 1. The number of aromatic nitrogens is 1. The first-order valence-corrected chi connectivity index (χ1v) is 8.31. The van der Waals surface area contributed by atoms with Crippen molar-refractivity contribution in [3.8, 4) is 11.3 Å². The molecule has 4 rings (SSSR count). The van der Waals surface area contributed by atoms with E-state index in [0.29, 0.717) is 0 Å². The fraction of sp³-hybridized carbons (Fsp3) is 0.182. The zero-order valence-corrected chi connectivity index (χ0v) is 17.1. The molecule has 2 aromatic carbocycles. The predicted octanol–water partition coefficient (Wildman–Crippen LogP) is 4.84. The molecule has 0 unspecified atom stereocenters. The van der Waals surface area contributed by atoms with Gasteiger partial charge in [-0.3, -0.25) is 9.78 Å². The number of rotatable bonds is 1. The zero-order valence-electron chi connectivity index (χ0n) is 14.7. The zero-order chi connectivity index (χ0) is 17.8. The maximum absolute atomic E-state index is 10.0. The summed E-state index contributed by atoms with van der Waals surface area (Å²) in [5, 5.41) is 9.60. The van der Waals surface area contributed by atoms with Crippen LogP contribution < -0.4 is 0 Å². The van der Waals surface area contributed by atoms with Crippen molar-refractivity contribution in [2.45, 2.75) is 26.7 Å². The van der Waals surface area contributed by atoms with Gasteiger partial charge in [0.05, 0.1) is 11.3 Å². The Balaban J connectivity index is 0.000000265. The Hall–Kier alpha value is -2.29. The van der Waals surface area contributed by atoms with Crippen molar-refractivity contribution in [2.75, 3.05) is 0 Å². The number of para-hydroxylation sites is 1. The summed E-state index contributed by atoms with van der Waals surface area (Å²) in [6.45, 7) is 2.85. The molecular formula is C22H20IrNO2-. The molecule has 0 fully saturated rings. The maximum Gasteiger partial charge on any atom is 0.155 e.